The van der Waals surface area contributed by atoms with Gasteiger partial charge in [0.25, 0.3) is 0 Å². The molecule has 1 aromatic rings. The number of hydrogen-bond acceptors (Lipinski definition) is 6. The van der Waals surface area contributed by atoms with Crippen LogP contribution in [-0.2, 0) is 0 Å². The number of anilines is 2. The number of aromatic nitrogens is 3. The molecule has 3 heterocycles. The van der Waals surface area contributed by atoms with E-state index >= 15 is 0 Å². The van der Waals surface area contributed by atoms with Gasteiger partial charge in [-0.3, -0.25) is 0 Å². The van der Waals surface area contributed by atoms with Crippen LogP contribution in [0.1, 0.15) is 25.7 Å². The standard InChI is InChI=1S/C13H20ClN5O/c14-11-15-12(18-5-1-2-6-18)17-13(16-11)19-7-3-4-10(8-19)9-20/h10,20H,1-9H2. The van der Waals surface area contributed by atoms with Crippen molar-refractivity contribution in [3.8, 4) is 0 Å². The van der Waals surface area contributed by atoms with Gasteiger partial charge in [0.05, 0.1) is 0 Å². The predicted octanol–water partition coefficient (Wildman–Crippen LogP) is 1.33. The fourth-order valence-corrected chi connectivity index (χ4v) is 3.08. The molecule has 20 heavy (non-hydrogen) atoms. The van der Waals surface area contributed by atoms with Gasteiger partial charge in [0.1, 0.15) is 0 Å². The third-order valence-electron chi connectivity index (χ3n) is 4.03. The minimum Gasteiger partial charge on any atom is -0.396 e. The maximum absolute atomic E-state index is 9.32. The monoisotopic (exact) mass is 297 g/mol. The number of aliphatic hydroxyl groups excluding tert-OH is 1. The van der Waals surface area contributed by atoms with E-state index in [4.69, 9.17) is 11.6 Å². The van der Waals surface area contributed by atoms with Crippen LogP contribution in [0.5, 0.6) is 0 Å². The lowest BCUT2D eigenvalue weighted by Gasteiger charge is -2.32. The van der Waals surface area contributed by atoms with Gasteiger partial charge in [-0.2, -0.15) is 15.0 Å². The normalized spacial score (nSPS) is 23.4. The molecule has 1 N–H and O–H groups in total. The van der Waals surface area contributed by atoms with Crippen LogP contribution in [0.15, 0.2) is 0 Å². The van der Waals surface area contributed by atoms with E-state index in [9.17, 15) is 5.11 Å². The Balaban J connectivity index is 1.81. The second-order valence-electron chi connectivity index (χ2n) is 5.54. The highest BCUT2D eigenvalue weighted by Crippen LogP contribution is 2.24. The topological polar surface area (TPSA) is 65.4 Å². The molecule has 0 aromatic carbocycles. The molecule has 3 rings (SSSR count). The van der Waals surface area contributed by atoms with Gasteiger partial charge in [0, 0.05) is 32.8 Å². The van der Waals surface area contributed by atoms with Crippen molar-refractivity contribution in [2.75, 3.05) is 42.6 Å². The van der Waals surface area contributed by atoms with Crippen molar-refractivity contribution in [2.45, 2.75) is 25.7 Å². The Labute approximate surface area is 123 Å². The van der Waals surface area contributed by atoms with E-state index in [0.29, 0.717) is 17.8 Å². The van der Waals surface area contributed by atoms with Crippen LogP contribution in [0.3, 0.4) is 0 Å². The average molecular weight is 298 g/mol. The minimum atomic E-state index is 0.217. The molecule has 1 unspecified atom stereocenters. The molecule has 0 amide bonds. The summed E-state index contributed by atoms with van der Waals surface area (Å²) >= 11 is 6.05. The van der Waals surface area contributed by atoms with E-state index in [1.807, 2.05) is 0 Å². The fraction of sp³-hybridized carbons (Fsp3) is 0.769. The zero-order valence-corrected chi connectivity index (χ0v) is 12.3. The van der Waals surface area contributed by atoms with Crippen molar-refractivity contribution in [3.63, 3.8) is 0 Å². The van der Waals surface area contributed by atoms with Crippen molar-refractivity contribution in [3.05, 3.63) is 5.28 Å². The molecule has 0 bridgehead atoms. The van der Waals surface area contributed by atoms with Crippen LogP contribution in [0.4, 0.5) is 11.9 Å². The van der Waals surface area contributed by atoms with E-state index in [2.05, 4.69) is 24.8 Å². The summed E-state index contributed by atoms with van der Waals surface area (Å²) in [6.45, 7) is 3.89. The molecule has 2 aliphatic rings. The molecule has 2 aliphatic heterocycles. The average Bonchev–Trinajstić information content (AvgIpc) is 3.01. The molecule has 7 heteroatoms. The molecule has 2 saturated heterocycles. The second-order valence-corrected chi connectivity index (χ2v) is 5.87. The molecule has 0 radical (unpaired) electrons. The Morgan fingerprint density at radius 1 is 1.00 bits per heavy atom. The van der Waals surface area contributed by atoms with Crippen molar-refractivity contribution in [1.82, 2.24) is 15.0 Å². The lowest BCUT2D eigenvalue weighted by Crippen LogP contribution is -2.38. The van der Waals surface area contributed by atoms with Gasteiger partial charge in [-0.1, -0.05) is 0 Å². The second kappa shape index (κ2) is 6.10. The van der Waals surface area contributed by atoms with Crippen LogP contribution in [-0.4, -0.2) is 52.8 Å². The van der Waals surface area contributed by atoms with E-state index in [1.165, 1.54) is 12.8 Å². The van der Waals surface area contributed by atoms with Crippen molar-refractivity contribution < 1.29 is 5.11 Å². The summed E-state index contributed by atoms with van der Waals surface area (Å²) in [4.78, 5) is 17.3. The van der Waals surface area contributed by atoms with Crippen LogP contribution in [0.25, 0.3) is 0 Å². The predicted molar refractivity (Wildman–Crippen MR) is 78.3 cm³/mol. The van der Waals surface area contributed by atoms with Crippen molar-refractivity contribution in [1.29, 1.82) is 0 Å². The van der Waals surface area contributed by atoms with E-state index in [1.54, 1.807) is 0 Å². The molecule has 0 aliphatic carbocycles. The number of halogens is 1. The third kappa shape index (κ3) is 2.96. The zero-order valence-electron chi connectivity index (χ0n) is 11.5. The van der Waals surface area contributed by atoms with Crippen LogP contribution in [0, 0.1) is 5.92 Å². The number of piperidine rings is 1. The first kappa shape index (κ1) is 13.8. The van der Waals surface area contributed by atoms with Crippen molar-refractivity contribution in [2.24, 2.45) is 5.92 Å². The molecule has 1 atom stereocenters. The first-order valence-electron chi connectivity index (χ1n) is 7.28. The Morgan fingerprint density at radius 3 is 2.35 bits per heavy atom. The zero-order chi connectivity index (χ0) is 13.9. The van der Waals surface area contributed by atoms with Gasteiger partial charge in [0.15, 0.2) is 0 Å². The van der Waals surface area contributed by atoms with Crippen LogP contribution < -0.4 is 9.80 Å². The highest BCUT2D eigenvalue weighted by atomic mass is 35.5. The first-order valence-corrected chi connectivity index (χ1v) is 7.66. The fourth-order valence-electron chi connectivity index (χ4n) is 2.93. The van der Waals surface area contributed by atoms with Crippen molar-refractivity contribution >= 4 is 23.5 Å². The molecular formula is C13H20ClN5O. The van der Waals surface area contributed by atoms with Gasteiger partial charge in [-0.15, -0.1) is 0 Å². The van der Waals surface area contributed by atoms with Gasteiger partial charge in [-0.05, 0) is 43.2 Å². The maximum atomic E-state index is 9.32. The highest BCUT2D eigenvalue weighted by molar-refractivity contribution is 6.28. The largest absolute Gasteiger partial charge is 0.396 e. The Morgan fingerprint density at radius 2 is 1.65 bits per heavy atom. The van der Waals surface area contributed by atoms with E-state index in [0.717, 1.165) is 39.0 Å². The Kier molecular flexibility index (Phi) is 4.21. The smallest absolute Gasteiger partial charge is 0.231 e. The lowest BCUT2D eigenvalue weighted by atomic mass is 9.99. The molecule has 0 saturated carbocycles. The summed E-state index contributed by atoms with van der Waals surface area (Å²) in [7, 11) is 0. The first-order chi connectivity index (χ1) is 9.76. The van der Waals surface area contributed by atoms with Crippen LogP contribution in [0.2, 0.25) is 5.28 Å². The van der Waals surface area contributed by atoms with Gasteiger partial charge >= 0.3 is 0 Å². The Hall–Kier alpha value is -1.14. The van der Waals surface area contributed by atoms with Gasteiger partial charge < -0.3 is 14.9 Å². The number of nitrogens with zero attached hydrogens (tertiary/aromatic N) is 5. The Bertz CT molecular complexity index is 466. The van der Waals surface area contributed by atoms with Crippen LogP contribution >= 0.6 is 11.6 Å². The number of rotatable bonds is 3. The maximum Gasteiger partial charge on any atom is 0.231 e. The molecule has 1 aromatic heterocycles. The van der Waals surface area contributed by atoms with Gasteiger partial charge in [0.2, 0.25) is 17.2 Å². The van der Waals surface area contributed by atoms with E-state index in [-0.39, 0.29) is 11.9 Å². The minimum absolute atomic E-state index is 0.217. The lowest BCUT2D eigenvalue weighted by molar-refractivity contribution is 0.208. The number of aliphatic hydroxyl groups is 1. The number of hydrogen-bond donors (Lipinski definition) is 1. The summed E-state index contributed by atoms with van der Waals surface area (Å²) in [6.07, 6.45) is 4.46. The summed E-state index contributed by atoms with van der Waals surface area (Å²) < 4.78 is 0. The summed E-state index contributed by atoms with van der Waals surface area (Å²) in [6, 6.07) is 0. The summed E-state index contributed by atoms with van der Waals surface area (Å²) in [5.74, 6) is 1.63. The third-order valence-corrected chi connectivity index (χ3v) is 4.20. The quantitative estimate of drug-likeness (QED) is 0.908. The highest BCUT2D eigenvalue weighted by Gasteiger charge is 2.23. The SMILES string of the molecule is OCC1CCCN(c2nc(Cl)nc(N3CCCC3)n2)C1. The van der Waals surface area contributed by atoms with Gasteiger partial charge in [-0.25, -0.2) is 0 Å². The molecular weight excluding hydrogens is 278 g/mol. The summed E-state index contributed by atoms with van der Waals surface area (Å²) in [5, 5.41) is 9.58. The molecule has 6 nitrogen and oxygen atoms in total. The molecule has 110 valence electrons. The summed E-state index contributed by atoms with van der Waals surface area (Å²) in [5.41, 5.74) is 0. The van der Waals surface area contributed by atoms with E-state index < -0.39 is 0 Å². The molecule has 0 spiro atoms. The molecule has 2 fully saturated rings.